The van der Waals surface area contributed by atoms with Crippen LogP contribution in [0.15, 0.2) is 24.3 Å². The topological polar surface area (TPSA) is 0 Å². The summed E-state index contributed by atoms with van der Waals surface area (Å²) < 4.78 is 0. The second-order valence-corrected chi connectivity index (χ2v) is 4.25. The van der Waals surface area contributed by atoms with Crippen LogP contribution in [-0.2, 0) is 5.41 Å². The van der Waals surface area contributed by atoms with Gasteiger partial charge in [-0.05, 0) is 11.6 Å². The fourth-order valence-electron chi connectivity index (χ4n) is 1.13. The zero-order chi connectivity index (χ0) is 9.90. The standard InChI is InChI=1S/C10H11Cl3/c1-10(6-11,7-12)8-4-2-3-5-9(8)13/h2-5H,6-7H2,1H3. The molecule has 0 aliphatic heterocycles. The molecule has 0 unspecified atom stereocenters. The van der Waals surface area contributed by atoms with Crippen LogP contribution in [0.3, 0.4) is 0 Å². The molecule has 1 rings (SSSR count). The molecule has 13 heavy (non-hydrogen) atoms. The molecule has 0 saturated carbocycles. The molecule has 0 aromatic heterocycles. The molecule has 1 aromatic rings. The quantitative estimate of drug-likeness (QED) is 0.695. The summed E-state index contributed by atoms with van der Waals surface area (Å²) in [5, 5.41) is 0.728. The molecule has 0 fully saturated rings. The lowest BCUT2D eigenvalue weighted by molar-refractivity contribution is 0.606. The first-order valence-electron chi connectivity index (χ1n) is 4.01. The molecule has 0 N–H and O–H groups in total. The number of alkyl halides is 2. The highest BCUT2D eigenvalue weighted by molar-refractivity contribution is 6.32. The van der Waals surface area contributed by atoms with Gasteiger partial charge in [0, 0.05) is 22.2 Å². The van der Waals surface area contributed by atoms with E-state index in [9.17, 15) is 0 Å². The van der Waals surface area contributed by atoms with Crippen molar-refractivity contribution in [3.63, 3.8) is 0 Å². The maximum absolute atomic E-state index is 6.05. The van der Waals surface area contributed by atoms with E-state index in [2.05, 4.69) is 0 Å². The average molecular weight is 238 g/mol. The third-order valence-electron chi connectivity index (χ3n) is 2.11. The molecule has 0 aliphatic carbocycles. The first kappa shape index (κ1) is 11.2. The fourth-order valence-corrected chi connectivity index (χ4v) is 2.07. The monoisotopic (exact) mass is 236 g/mol. The highest BCUT2D eigenvalue weighted by atomic mass is 35.5. The van der Waals surface area contributed by atoms with Crippen molar-refractivity contribution in [2.75, 3.05) is 11.8 Å². The van der Waals surface area contributed by atoms with Crippen LogP contribution in [0, 0.1) is 0 Å². The third-order valence-corrected chi connectivity index (χ3v) is 3.62. The van der Waals surface area contributed by atoms with Crippen LogP contribution in [-0.4, -0.2) is 11.8 Å². The number of hydrogen-bond donors (Lipinski definition) is 0. The fraction of sp³-hybridized carbons (Fsp3) is 0.400. The van der Waals surface area contributed by atoms with Crippen molar-refractivity contribution in [1.29, 1.82) is 0 Å². The smallest absolute Gasteiger partial charge is 0.0444 e. The summed E-state index contributed by atoms with van der Waals surface area (Å²) >= 11 is 17.8. The van der Waals surface area contributed by atoms with Gasteiger partial charge in [0.05, 0.1) is 0 Å². The van der Waals surface area contributed by atoms with E-state index in [-0.39, 0.29) is 5.41 Å². The summed E-state index contributed by atoms with van der Waals surface area (Å²) in [6.45, 7) is 2.01. The minimum Gasteiger partial charge on any atom is -0.126 e. The minimum absolute atomic E-state index is 0.235. The maximum Gasteiger partial charge on any atom is 0.0444 e. The van der Waals surface area contributed by atoms with Crippen molar-refractivity contribution >= 4 is 34.8 Å². The largest absolute Gasteiger partial charge is 0.126 e. The molecule has 72 valence electrons. The van der Waals surface area contributed by atoms with Crippen LogP contribution in [0.2, 0.25) is 5.02 Å². The van der Waals surface area contributed by atoms with E-state index in [4.69, 9.17) is 34.8 Å². The molecule has 3 heteroatoms. The predicted molar refractivity (Wildman–Crippen MR) is 60.2 cm³/mol. The van der Waals surface area contributed by atoms with Gasteiger partial charge in [0.15, 0.2) is 0 Å². The molecule has 1 aromatic carbocycles. The van der Waals surface area contributed by atoms with E-state index in [1.165, 1.54) is 0 Å². The number of hydrogen-bond acceptors (Lipinski definition) is 0. The van der Waals surface area contributed by atoms with Gasteiger partial charge in [-0.25, -0.2) is 0 Å². The molecule has 0 nitrogen and oxygen atoms in total. The summed E-state index contributed by atoms with van der Waals surface area (Å²) in [7, 11) is 0. The Bertz CT molecular complexity index is 279. The Morgan fingerprint density at radius 1 is 1.15 bits per heavy atom. The Morgan fingerprint density at radius 2 is 1.69 bits per heavy atom. The minimum atomic E-state index is -0.235. The summed E-state index contributed by atoms with van der Waals surface area (Å²) in [6, 6.07) is 7.66. The van der Waals surface area contributed by atoms with Gasteiger partial charge in [0.2, 0.25) is 0 Å². The van der Waals surface area contributed by atoms with Crippen molar-refractivity contribution in [1.82, 2.24) is 0 Å². The van der Waals surface area contributed by atoms with Gasteiger partial charge in [-0.15, -0.1) is 23.2 Å². The predicted octanol–water partition coefficient (Wildman–Crippen LogP) is 4.08. The van der Waals surface area contributed by atoms with Gasteiger partial charge in [-0.3, -0.25) is 0 Å². The van der Waals surface area contributed by atoms with Crippen LogP contribution < -0.4 is 0 Å². The molecule has 0 saturated heterocycles. The second kappa shape index (κ2) is 4.54. The highest BCUT2D eigenvalue weighted by Crippen LogP contribution is 2.32. The first-order chi connectivity index (χ1) is 6.14. The van der Waals surface area contributed by atoms with Gasteiger partial charge < -0.3 is 0 Å². The molecule has 0 radical (unpaired) electrons. The van der Waals surface area contributed by atoms with Gasteiger partial charge in [-0.2, -0.15) is 0 Å². The van der Waals surface area contributed by atoms with E-state index < -0.39 is 0 Å². The lowest BCUT2D eigenvalue weighted by Gasteiger charge is -2.25. The van der Waals surface area contributed by atoms with Gasteiger partial charge in [-0.1, -0.05) is 36.7 Å². The maximum atomic E-state index is 6.05. The lowest BCUT2D eigenvalue weighted by atomic mass is 9.86. The van der Waals surface area contributed by atoms with Crippen molar-refractivity contribution in [2.24, 2.45) is 0 Å². The highest BCUT2D eigenvalue weighted by Gasteiger charge is 2.26. The Hall–Kier alpha value is 0.0900. The Labute approximate surface area is 93.8 Å². The zero-order valence-electron chi connectivity index (χ0n) is 7.36. The Morgan fingerprint density at radius 3 is 2.15 bits per heavy atom. The van der Waals surface area contributed by atoms with Crippen LogP contribution in [0.25, 0.3) is 0 Å². The van der Waals surface area contributed by atoms with Crippen molar-refractivity contribution in [2.45, 2.75) is 12.3 Å². The van der Waals surface area contributed by atoms with E-state index in [1.54, 1.807) is 0 Å². The molecule has 0 heterocycles. The molecule has 0 spiro atoms. The molecule has 0 atom stereocenters. The van der Waals surface area contributed by atoms with Gasteiger partial charge in [0.25, 0.3) is 0 Å². The van der Waals surface area contributed by atoms with E-state index in [0.717, 1.165) is 10.6 Å². The summed E-state index contributed by atoms with van der Waals surface area (Å²) in [4.78, 5) is 0. The summed E-state index contributed by atoms with van der Waals surface area (Å²) in [6.07, 6.45) is 0. The molecular formula is C10H11Cl3. The van der Waals surface area contributed by atoms with Crippen LogP contribution >= 0.6 is 34.8 Å². The van der Waals surface area contributed by atoms with E-state index in [1.807, 2.05) is 31.2 Å². The molecule has 0 aliphatic rings. The van der Waals surface area contributed by atoms with Gasteiger partial charge in [0.1, 0.15) is 0 Å². The lowest BCUT2D eigenvalue weighted by Crippen LogP contribution is -2.26. The SMILES string of the molecule is CC(CCl)(CCl)c1ccccc1Cl. The first-order valence-corrected chi connectivity index (χ1v) is 5.45. The Balaban J connectivity index is 3.12. The average Bonchev–Trinajstić information content (AvgIpc) is 2.17. The molecular weight excluding hydrogens is 226 g/mol. The van der Waals surface area contributed by atoms with Crippen LogP contribution in [0.5, 0.6) is 0 Å². The number of benzene rings is 1. The summed E-state index contributed by atoms with van der Waals surface area (Å²) in [5.41, 5.74) is 0.781. The molecule has 0 amide bonds. The summed E-state index contributed by atoms with van der Waals surface area (Å²) in [5.74, 6) is 0.945. The van der Waals surface area contributed by atoms with E-state index >= 15 is 0 Å². The normalized spacial score (nSPS) is 11.7. The second-order valence-electron chi connectivity index (χ2n) is 3.31. The van der Waals surface area contributed by atoms with Crippen molar-refractivity contribution in [3.8, 4) is 0 Å². The van der Waals surface area contributed by atoms with Crippen molar-refractivity contribution in [3.05, 3.63) is 34.9 Å². The third kappa shape index (κ3) is 2.31. The van der Waals surface area contributed by atoms with Crippen LogP contribution in [0.4, 0.5) is 0 Å². The molecule has 0 bridgehead atoms. The number of rotatable bonds is 3. The van der Waals surface area contributed by atoms with Crippen molar-refractivity contribution < 1.29 is 0 Å². The van der Waals surface area contributed by atoms with Gasteiger partial charge >= 0.3 is 0 Å². The Kier molecular flexibility index (Phi) is 3.90. The van der Waals surface area contributed by atoms with Crippen LogP contribution in [0.1, 0.15) is 12.5 Å². The zero-order valence-corrected chi connectivity index (χ0v) is 9.63. The number of halogens is 3. The van der Waals surface area contributed by atoms with E-state index in [0.29, 0.717) is 11.8 Å².